The van der Waals surface area contributed by atoms with Gasteiger partial charge in [-0.3, -0.25) is 0 Å². The predicted molar refractivity (Wildman–Crippen MR) is 88.9 cm³/mol. The third-order valence-corrected chi connectivity index (χ3v) is 4.72. The molecular formula is C18H30N2O. The van der Waals surface area contributed by atoms with Gasteiger partial charge in [0, 0.05) is 18.1 Å². The van der Waals surface area contributed by atoms with Crippen molar-refractivity contribution in [2.75, 3.05) is 20.6 Å². The van der Waals surface area contributed by atoms with E-state index in [1.165, 1.54) is 24.8 Å². The molecule has 0 spiro atoms. The Labute approximate surface area is 129 Å². The van der Waals surface area contributed by atoms with E-state index in [9.17, 15) is 0 Å². The second-order valence-corrected chi connectivity index (χ2v) is 6.81. The van der Waals surface area contributed by atoms with E-state index in [1.807, 2.05) is 0 Å². The van der Waals surface area contributed by atoms with Crippen LogP contribution in [-0.2, 0) is 0 Å². The van der Waals surface area contributed by atoms with Crippen molar-refractivity contribution in [2.45, 2.75) is 57.7 Å². The number of ether oxygens (including phenoxy) is 1. The average molecular weight is 290 g/mol. The zero-order chi connectivity index (χ0) is 15.5. The van der Waals surface area contributed by atoms with Gasteiger partial charge in [0.15, 0.2) is 0 Å². The number of hydrogen-bond acceptors (Lipinski definition) is 3. The number of nitrogens with zero attached hydrogens (tertiary/aromatic N) is 1. The molecular weight excluding hydrogens is 260 g/mol. The van der Waals surface area contributed by atoms with Gasteiger partial charge in [0.1, 0.15) is 5.75 Å². The molecule has 0 aliphatic heterocycles. The van der Waals surface area contributed by atoms with E-state index < -0.39 is 0 Å². The van der Waals surface area contributed by atoms with Gasteiger partial charge in [0.2, 0.25) is 0 Å². The second-order valence-electron chi connectivity index (χ2n) is 6.81. The van der Waals surface area contributed by atoms with Crippen molar-refractivity contribution in [3.63, 3.8) is 0 Å². The summed E-state index contributed by atoms with van der Waals surface area (Å²) in [6.45, 7) is 7.40. The molecule has 1 aliphatic carbocycles. The molecule has 1 aromatic rings. The highest BCUT2D eigenvalue weighted by Gasteiger charge is 2.38. The first-order chi connectivity index (χ1) is 9.93. The lowest BCUT2D eigenvalue weighted by Gasteiger charge is -2.48. The molecule has 0 amide bonds. The van der Waals surface area contributed by atoms with Gasteiger partial charge in [0.25, 0.3) is 0 Å². The molecule has 2 rings (SSSR count). The smallest absolute Gasteiger partial charge is 0.119 e. The Hall–Kier alpha value is -1.06. The fraction of sp³-hybridized carbons (Fsp3) is 0.667. The van der Waals surface area contributed by atoms with Gasteiger partial charge in [-0.05, 0) is 71.8 Å². The summed E-state index contributed by atoms with van der Waals surface area (Å²) in [5.41, 5.74) is 1.69. The Morgan fingerprint density at radius 3 is 2.19 bits per heavy atom. The summed E-state index contributed by atoms with van der Waals surface area (Å²) in [6.07, 6.45) is 4.20. The van der Waals surface area contributed by atoms with Gasteiger partial charge in [-0.1, -0.05) is 12.1 Å². The highest BCUT2D eigenvalue weighted by atomic mass is 16.5. The summed E-state index contributed by atoms with van der Waals surface area (Å²) < 4.78 is 5.69. The quantitative estimate of drug-likeness (QED) is 0.830. The van der Waals surface area contributed by atoms with E-state index in [1.54, 1.807) is 0 Å². The van der Waals surface area contributed by atoms with Gasteiger partial charge in [-0.25, -0.2) is 0 Å². The normalized spacial score (nSPS) is 18.6. The number of rotatable bonds is 7. The molecule has 1 fully saturated rings. The topological polar surface area (TPSA) is 24.5 Å². The van der Waals surface area contributed by atoms with E-state index in [0.717, 1.165) is 12.3 Å². The van der Waals surface area contributed by atoms with Crippen LogP contribution < -0.4 is 10.1 Å². The molecule has 0 radical (unpaired) electrons. The van der Waals surface area contributed by atoms with Crippen LogP contribution in [-0.4, -0.2) is 37.2 Å². The maximum Gasteiger partial charge on any atom is 0.119 e. The van der Waals surface area contributed by atoms with Crippen LogP contribution >= 0.6 is 0 Å². The Balaban J connectivity index is 1.89. The molecule has 0 heterocycles. The number of likely N-dealkylation sites (N-methyl/N-ethyl adjacent to an activating group) is 1. The zero-order valence-corrected chi connectivity index (χ0v) is 14.1. The van der Waals surface area contributed by atoms with Gasteiger partial charge in [-0.2, -0.15) is 0 Å². The minimum Gasteiger partial charge on any atom is -0.491 e. The van der Waals surface area contributed by atoms with E-state index >= 15 is 0 Å². The SMILES string of the molecule is CC(C)Oc1ccc(C(C)NCC2(N(C)C)CCC2)cc1. The summed E-state index contributed by atoms with van der Waals surface area (Å²) >= 11 is 0. The highest BCUT2D eigenvalue weighted by molar-refractivity contribution is 5.29. The Morgan fingerprint density at radius 2 is 1.76 bits per heavy atom. The molecule has 1 atom stereocenters. The minimum atomic E-state index is 0.227. The van der Waals surface area contributed by atoms with Crippen LogP contribution in [0, 0.1) is 0 Å². The van der Waals surface area contributed by atoms with Gasteiger partial charge in [-0.15, -0.1) is 0 Å². The van der Waals surface area contributed by atoms with Crippen LogP contribution in [0.4, 0.5) is 0 Å². The standard InChI is InChI=1S/C18H30N2O/c1-14(2)21-17-9-7-16(8-10-17)15(3)19-13-18(20(4)5)11-6-12-18/h7-10,14-15,19H,6,11-13H2,1-5H3. The average Bonchev–Trinajstić information content (AvgIpc) is 2.37. The third-order valence-electron chi connectivity index (χ3n) is 4.72. The molecule has 1 saturated carbocycles. The summed E-state index contributed by atoms with van der Waals surface area (Å²) in [5.74, 6) is 0.949. The third kappa shape index (κ3) is 3.98. The summed E-state index contributed by atoms with van der Waals surface area (Å²) in [5, 5.41) is 3.70. The van der Waals surface area contributed by atoms with Crippen molar-refractivity contribution in [3.8, 4) is 5.75 Å². The van der Waals surface area contributed by atoms with Gasteiger partial charge >= 0.3 is 0 Å². The van der Waals surface area contributed by atoms with Crippen LogP contribution in [0.15, 0.2) is 24.3 Å². The monoisotopic (exact) mass is 290 g/mol. The van der Waals surface area contributed by atoms with Crippen LogP contribution in [0.25, 0.3) is 0 Å². The van der Waals surface area contributed by atoms with E-state index in [0.29, 0.717) is 11.6 Å². The molecule has 1 aromatic carbocycles. The lowest BCUT2D eigenvalue weighted by molar-refractivity contribution is 0.0576. The number of hydrogen-bond donors (Lipinski definition) is 1. The van der Waals surface area contributed by atoms with Crippen molar-refractivity contribution in [2.24, 2.45) is 0 Å². The lowest BCUT2D eigenvalue weighted by Crippen LogP contribution is -2.56. The molecule has 3 nitrogen and oxygen atoms in total. The first kappa shape index (κ1) is 16.3. The Morgan fingerprint density at radius 1 is 1.14 bits per heavy atom. The van der Waals surface area contributed by atoms with E-state index in [-0.39, 0.29) is 6.10 Å². The fourth-order valence-corrected chi connectivity index (χ4v) is 2.94. The number of benzene rings is 1. The first-order valence-corrected chi connectivity index (χ1v) is 8.10. The van der Waals surface area contributed by atoms with Crippen LogP contribution in [0.3, 0.4) is 0 Å². The van der Waals surface area contributed by atoms with Gasteiger partial charge in [0.05, 0.1) is 6.10 Å². The molecule has 3 heteroatoms. The predicted octanol–water partition coefficient (Wildman–Crippen LogP) is 3.61. The molecule has 1 N–H and O–H groups in total. The van der Waals surface area contributed by atoms with E-state index in [4.69, 9.17) is 4.74 Å². The van der Waals surface area contributed by atoms with Crippen molar-refractivity contribution >= 4 is 0 Å². The van der Waals surface area contributed by atoms with Crippen LogP contribution in [0.5, 0.6) is 5.75 Å². The molecule has 0 bridgehead atoms. The summed E-state index contributed by atoms with van der Waals surface area (Å²) in [7, 11) is 4.40. The molecule has 0 saturated heterocycles. The fourth-order valence-electron chi connectivity index (χ4n) is 2.94. The van der Waals surface area contributed by atoms with Crippen molar-refractivity contribution in [1.29, 1.82) is 0 Å². The largest absolute Gasteiger partial charge is 0.491 e. The van der Waals surface area contributed by atoms with Crippen molar-refractivity contribution < 1.29 is 4.74 Å². The highest BCUT2D eigenvalue weighted by Crippen LogP contribution is 2.36. The molecule has 118 valence electrons. The molecule has 1 aliphatic rings. The first-order valence-electron chi connectivity index (χ1n) is 8.10. The summed E-state index contributed by atoms with van der Waals surface area (Å²) in [4.78, 5) is 2.38. The van der Waals surface area contributed by atoms with Crippen LogP contribution in [0.2, 0.25) is 0 Å². The lowest BCUT2D eigenvalue weighted by atomic mass is 9.75. The second kappa shape index (κ2) is 6.80. The molecule has 0 aromatic heterocycles. The van der Waals surface area contributed by atoms with E-state index in [2.05, 4.69) is 69.3 Å². The van der Waals surface area contributed by atoms with Gasteiger partial charge < -0.3 is 15.0 Å². The van der Waals surface area contributed by atoms with Crippen molar-refractivity contribution in [1.82, 2.24) is 10.2 Å². The molecule has 1 unspecified atom stereocenters. The van der Waals surface area contributed by atoms with Crippen LogP contribution in [0.1, 0.15) is 51.6 Å². The Kier molecular flexibility index (Phi) is 5.28. The Bertz CT molecular complexity index is 435. The maximum absolute atomic E-state index is 5.69. The molecule has 21 heavy (non-hydrogen) atoms. The maximum atomic E-state index is 5.69. The summed E-state index contributed by atoms with van der Waals surface area (Å²) in [6, 6.07) is 8.84. The number of nitrogens with one attached hydrogen (secondary N) is 1. The zero-order valence-electron chi connectivity index (χ0n) is 14.1. The minimum absolute atomic E-state index is 0.227. The van der Waals surface area contributed by atoms with Crippen molar-refractivity contribution in [3.05, 3.63) is 29.8 Å².